The van der Waals surface area contributed by atoms with Gasteiger partial charge in [-0.1, -0.05) is 12.8 Å². The van der Waals surface area contributed by atoms with Crippen molar-refractivity contribution in [3.63, 3.8) is 0 Å². The Morgan fingerprint density at radius 3 is 2.79 bits per heavy atom. The fraction of sp³-hybridized carbons (Fsp3) is 0.727. The second kappa shape index (κ2) is 5.58. The number of rotatable bonds is 3. The van der Waals surface area contributed by atoms with Gasteiger partial charge < -0.3 is 5.32 Å². The van der Waals surface area contributed by atoms with Crippen molar-refractivity contribution >= 4 is 5.91 Å². The number of carbonyl (C=O) groups is 1. The van der Waals surface area contributed by atoms with E-state index in [1.54, 1.807) is 0 Å². The maximum Gasteiger partial charge on any atom is 0.392 e. The van der Waals surface area contributed by atoms with Crippen LogP contribution in [0.15, 0.2) is 6.33 Å². The molecule has 2 atom stereocenters. The van der Waals surface area contributed by atoms with Crippen LogP contribution in [0.4, 0.5) is 13.2 Å². The summed E-state index contributed by atoms with van der Waals surface area (Å²) in [5.41, 5.74) is 0. The molecule has 1 amide bonds. The smallest absolute Gasteiger partial charge is 0.349 e. The minimum absolute atomic E-state index is 0.0316. The molecule has 1 aromatic rings. The average molecular weight is 276 g/mol. The van der Waals surface area contributed by atoms with Gasteiger partial charge in [-0.15, -0.1) is 0 Å². The Bertz CT molecular complexity index is 418. The average Bonchev–Trinajstić information content (AvgIpc) is 2.88. The van der Waals surface area contributed by atoms with Crippen molar-refractivity contribution in [2.24, 2.45) is 11.8 Å². The van der Waals surface area contributed by atoms with E-state index in [1.807, 2.05) is 0 Å². The summed E-state index contributed by atoms with van der Waals surface area (Å²) in [6, 6.07) is 0. The number of H-pyrrole nitrogens is 1. The first kappa shape index (κ1) is 13.8. The predicted molar refractivity (Wildman–Crippen MR) is 59.7 cm³/mol. The number of alkyl halides is 3. The molecule has 0 aliphatic heterocycles. The number of aromatic amines is 1. The molecule has 1 saturated carbocycles. The lowest BCUT2D eigenvalue weighted by atomic mass is 9.78. The highest BCUT2D eigenvalue weighted by atomic mass is 19.4. The Labute approximate surface area is 108 Å². The summed E-state index contributed by atoms with van der Waals surface area (Å²) < 4.78 is 38.6. The molecule has 1 aliphatic carbocycles. The van der Waals surface area contributed by atoms with E-state index >= 15 is 0 Å². The van der Waals surface area contributed by atoms with Crippen molar-refractivity contribution in [2.45, 2.75) is 38.4 Å². The first-order chi connectivity index (χ1) is 8.98. The van der Waals surface area contributed by atoms with Crippen LogP contribution in [-0.4, -0.2) is 27.3 Å². The fourth-order valence-electron chi connectivity index (χ4n) is 2.45. The molecule has 8 heteroatoms. The molecule has 2 rings (SSSR count). The van der Waals surface area contributed by atoms with Crippen molar-refractivity contribution < 1.29 is 18.0 Å². The van der Waals surface area contributed by atoms with Gasteiger partial charge in [0.15, 0.2) is 0 Å². The van der Waals surface area contributed by atoms with Gasteiger partial charge in [0, 0.05) is 5.92 Å². The van der Waals surface area contributed by atoms with Crippen LogP contribution in [0.25, 0.3) is 0 Å². The van der Waals surface area contributed by atoms with Crippen LogP contribution in [0.1, 0.15) is 31.5 Å². The molecule has 106 valence electrons. The summed E-state index contributed by atoms with van der Waals surface area (Å²) in [5.74, 6) is -2.65. The van der Waals surface area contributed by atoms with Crippen molar-refractivity contribution in [1.29, 1.82) is 0 Å². The van der Waals surface area contributed by atoms with Gasteiger partial charge >= 0.3 is 6.18 Å². The number of nitrogens with one attached hydrogen (secondary N) is 2. The molecule has 2 unspecified atom stereocenters. The number of hydrogen-bond acceptors (Lipinski definition) is 3. The van der Waals surface area contributed by atoms with Crippen molar-refractivity contribution in [3.05, 3.63) is 12.2 Å². The van der Waals surface area contributed by atoms with Gasteiger partial charge in [0.05, 0.1) is 12.5 Å². The lowest BCUT2D eigenvalue weighted by molar-refractivity contribution is -0.198. The summed E-state index contributed by atoms with van der Waals surface area (Å²) in [6.07, 6.45) is -1.53. The molecule has 1 aromatic heterocycles. The first-order valence-corrected chi connectivity index (χ1v) is 6.17. The maximum atomic E-state index is 12.9. The van der Waals surface area contributed by atoms with Crippen LogP contribution in [0.3, 0.4) is 0 Å². The van der Waals surface area contributed by atoms with Crippen molar-refractivity contribution in [1.82, 2.24) is 20.5 Å². The number of halogens is 3. The zero-order chi connectivity index (χ0) is 13.9. The molecular formula is C11H15F3N4O. The molecule has 0 saturated heterocycles. The van der Waals surface area contributed by atoms with Gasteiger partial charge in [-0.25, -0.2) is 4.98 Å². The van der Waals surface area contributed by atoms with E-state index in [0.717, 1.165) is 0 Å². The Balaban J connectivity index is 1.95. The molecule has 19 heavy (non-hydrogen) atoms. The molecule has 0 aromatic carbocycles. The molecule has 1 aliphatic rings. The third-order valence-corrected chi connectivity index (χ3v) is 3.42. The van der Waals surface area contributed by atoms with E-state index < -0.39 is 23.9 Å². The monoisotopic (exact) mass is 276 g/mol. The quantitative estimate of drug-likeness (QED) is 0.884. The number of hydrogen-bond donors (Lipinski definition) is 2. The van der Waals surface area contributed by atoms with Gasteiger partial charge in [0.2, 0.25) is 5.91 Å². The Hall–Kier alpha value is -1.60. The van der Waals surface area contributed by atoms with Crippen LogP contribution < -0.4 is 5.32 Å². The highest BCUT2D eigenvalue weighted by molar-refractivity contribution is 5.79. The number of carbonyl (C=O) groups excluding carboxylic acids is 1. The summed E-state index contributed by atoms with van der Waals surface area (Å²) >= 11 is 0. The van der Waals surface area contributed by atoms with Crippen LogP contribution >= 0.6 is 0 Å². The Kier molecular flexibility index (Phi) is 4.06. The third-order valence-electron chi connectivity index (χ3n) is 3.42. The molecule has 1 fully saturated rings. The predicted octanol–water partition coefficient (Wildman–Crippen LogP) is 1.79. The van der Waals surface area contributed by atoms with Crippen LogP contribution in [0.2, 0.25) is 0 Å². The zero-order valence-corrected chi connectivity index (χ0v) is 10.2. The fourth-order valence-corrected chi connectivity index (χ4v) is 2.45. The lowest BCUT2D eigenvalue weighted by Gasteiger charge is -2.31. The van der Waals surface area contributed by atoms with Gasteiger partial charge in [-0.3, -0.25) is 9.89 Å². The van der Waals surface area contributed by atoms with Gasteiger partial charge in [0.1, 0.15) is 12.2 Å². The molecule has 1 heterocycles. The Morgan fingerprint density at radius 1 is 1.42 bits per heavy atom. The van der Waals surface area contributed by atoms with E-state index in [4.69, 9.17) is 0 Å². The standard InChI is InChI=1S/C11H15F3N4O/c12-11(13,14)8-4-2-1-3-7(8)10(19)15-5-9-16-6-17-18-9/h6-8H,1-5H2,(H,15,19)(H,16,17,18). The van der Waals surface area contributed by atoms with E-state index in [-0.39, 0.29) is 19.4 Å². The Morgan fingerprint density at radius 2 is 2.16 bits per heavy atom. The molecule has 5 nitrogen and oxygen atoms in total. The number of aromatic nitrogens is 3. The highest BCUT2D eigenvalue weighted by Crippen LogP contribution is 2.41. The van der Waals surface area contributed by atoms with E-state index in [0.29, 0.717) is 18.7 Å². The topological polar surface area (TPSA) is 70.7 Å². The van der Waals surface area contributed by atoms with Crippen LogP contribution in [-0.2, 0) is 11.3 Å². The van der Waals surface area contributed by atoms with Gasteiger partial charge in [-0.05, 0) is 12.8 Å². The van der Waals surface area contributed by atoms with Crippen LogP contribution in [0, 0.1) is 11.8 Å². The second-order valence-corrected chi connectivity index (χ2v) is 4.69. The zero-order valence-electron chi connectivity index (χ0n) is 10.2. The second-order valence-electron chi connectivity index (χ2n) is 4.69. The van der Waals surface area contributed by atoms with E-state index in [1.165, 1.54) is 6.33 Å². The van der Waals surface area contributed by atoms with E-state index in [2.05, 4.69) is 20.5 Å². The van der Waals surface area contributed by atoms with Gasteiger partial charge in [0.25, 0.3) is 0 Å². The highest BCUT2D eigenvalue weighted by Gasteiger charge is 2.47. The molecule has 0 bridgehead atoms. The normalized spacial score (nSPS) is 24.2. The molecule has 0 spiro atoms. The summed E-state index contributed by atoms with van der Waals surface area (Å²) in [6.45, 7) is 0.0694. The van der Waals surface area contributed by atoms with Crippen molar-refractivity contribution in [3.8, 4) is 0 Å². The summed E-state index contributed by atoms with van der Waals surface area (Å²) in [5, 5.41) is 8.62. The maximum absolute atomic E-state index is 12.9. The lowest BCUT2D eigenvalue weighted by Crippen LogP contribution is -2.42. The molecule has 2 N–H and O–H groups in total. The number of nitrogens with zero attached hydrogens (tertiary/aromatic N) is 2. The third kappa shape index (κ3) is 3.45. The first-order valence-electron chi connectivity index (χ1n) is 6.17. The molecular weight excluding hydrogens is 261 g/mol. The largest absolute Gasteiger partial charge is 0.392 e. The summed E-state index contributed by atoms with van der Waals surface area (Å²) in [7, 11) is 0. The van der Waals surface area contributed by atoms with Gasteiger partial charge in [-0.2, -0.15) is 18.3 Å². The van der Waals surface area contributed by atoms with E-state index in [9.17, 15) is 18.0 Å². The minimum atomic E-state index is -4.31. The summed E-state index contributed by atoms with van der Waals surface area (Å²) in [4.78, 5) is 15.7. The minimum Gasteiger partial charge on any atom is -0.349 e. The SMILES string of the molecule is O=C(NCc1ncn[nH]1)C1CCCCC1C(F)(F)F. The number of amides is 1. The van der Waals surface area contributed by atoms with Crippen LogP contribution in [0.5, 0.6) is 0 Å². The molecule has 0 radical (unpaired) electrons. The van der Waals surface area contributed by atoms with Crippen molar-refractivity contribution in [2.75, 3.05) is 0 Å².